The highest BCUT2D eigenvalue weighted by Gasteiger charge is 2.17. The highest BCUT2D eigenvalue weighted by molar-refractivity contribution is 6.31. The summed E-state index contributed by atoms with van der Waals surface area (Å²) in [5, 5.41) is 3.94. The lowest BCUT2D eigenvalue weighted by atomic mass is 10.2. The number of carbonyl (C=O) groups is 2. The van der Waals surface area contributed by atoms with Crippen molar-refractivity contribution in [1.82, 2.24) is 0 Å². The summed E-state index contributed by atoms with van der Waals surface area (Å²) in [5.74, 6) is -0.537. The minimum absolute atomic E-state index is 0.100. The van der Waals surface area contributed by atoms with Crippen molar-refractivity contribution >= 4 is 46.4 Å². The van der Waals surface area contributed by atoms with Gasteiger partial charge in [-0.1, -0.05) is 29.3 Å². The molecule has 2 aromatic rings. The van der Waals surface area contributed by atoms with Crippen LogP contribution in [0.1, 0.15) is 18.1 Å². The summed E-state index contributed by atoms with van der Waals surface area (Å²) >= 11 is 12.0. The van der Waals surface area contributed by atoms with Crippen molar-refractivity contribution in [3.05, 3.63) is 57.6 Å². The molecule has 0 aliphatic rings. The minimum atomic E-state index is -0.299. The molecule has 0 saturated carbocycles. The van der Waals surface area contributed by atoms with Gasteiger partial charge in [0.2, 0.25) is 11.8 Å². The fourth-order valence-corrected chi connectivity index (χ4v) is 2.64. The fraction of sp³-hybridized carbons (Fsp3) is 0.222. The topological polar surface area (TPSA) is 49.4 Å². The summed E-state index contributed by atoms with van der Waals surface area (Å²) in [6.07, 6.45) is 0. The number of hydrogen-bond donors (Lipinski definition) is 1. The average Bonchev–Trinajstić information content (AvgIpc) is 2.50. The Hall–Kier alpha value is -2.04. The average molecular weight is 365 g/mol. The molecule has 0 saturated heterocycles. The number of rotatable bonds is 4. The molecular weight excluding hydrogens is 347 g/mol. The maximum Gasteiger partial charge on any atom is 0.244 e. The second kappa shape index (κ2) is 7.69. The predicted molar refractivity (Wildman–Crippen MR) is 99.0 cm³/mol. The van der Waals surface area contributed by atoms with E-state index < -0.39 is 0 Å². The molecule has 0 atom stereocenters. The number of nitrogens with one attached hydrogen (secondary N) is 1. The lowest BCUT2D eigenvalue weighted by molar-refractivity contribution is -0.120. The molecule has 0 aliphatic heterocycles. The lowest BCUT2D eigenvalue weighted by Gasteiger charge is -2.21. The molecule has 0 spiro atoms. The molecule has 6 heteroatoms. The monoisotopic (exact) mass is 364 g/mol. The maximum atomic E-state index is 12.3. The summed E-state index contributed by atoms with van der Waals surface area (Å²) in [6, 6.07) is 10.5. The molecule has 24 heavy (non-hydrogen) atoms. The number of aryl methyl sites for hydroxylation is 2. The van der Waals surface area contributed by atoms with Gasteiger partial charge in [-0.15, -0.1) is 0 Å². The Morgan fingerprint density at radius 3 is 2.33 bits per heavy atom. The van der Waals surface area contributed by atoms with Crippen LogP contribution in [0.15, 0.2) is 36.4 Å². The van der Waals surface area contributed by atoms with Crippen molar-refractivity contribution in [2.24, 2.45) is 0 Å². The van der Waals surface area contributed by atoms with Gasteiger partial charge in [0.1, 0.15) is 6.54 Å². The third kappa shape index (κ3) is 4.49. The standard InChI is InChI=1S/C18H18Cl2N2O2/c1-11-4-6-15(9-16(11)20)22(13(3)23)10-18(24)21-17-7-5-14(19)8-12(17)2/h4-9H,10H2,1-3H3,(H,21,24). The summed E-state index contributed by atoms with van der Waals surface area (Å²) in [4.78, 5) is 25.6. The second-order valence-corrected chi connectivity index (χ2v) is 6.39. The Labute approximate surface area is 151 Å². The van der Waals surface area contributed by atoms with Crippen LogP contribution in [0.25, 0.3) is 0 Å². The van der Waals surface area contributed by atoms with E-state index in [4.69, 9.17) is 23.2 Å². The van der Waals surface area contributed by atoms with Gasteiger partial charge < -0.3 is 10.2 Å². The summed E-state index contributed by atoms with van der Waals surface area (Å²) in [6.45, 7) is 5.04. The minimum Gasteiger partial charge on any atom is -0.324 e. The molecule has 2 aromatic carbocycles. The van der Waals surface area contributed by atoms with E-state index in [1.807, 2.05) is 19.9 Å². The van der Waals surface area contributed by atoms with Gasteiger partial charge >= 0.3 is 0 Å². The van der Waals surface area contributed by atoms with E-state index >= 15 is 0 Å². The predicted octanol–water partition coefficient (Wildman–Crippen LogP) is 4.60. The Morgan fingerprint density at radius 1 is 1.04 bits per heavy atom. The van der Waals surface area contributed by atoms with E-state index in [1.54, 1.807) is 30.3 Å². The normalized spacial score (nSPS) is 10.4. The first-order chi connectivity index (χ1) is 11.3. The zero-order chi connectivity index (χ0) is 17.9. The van der Waals surface area contributed by atoms with E-state index in [2.05, 4.69) is 5.32 Å². The van der Waals surface area contributed by atoms with E-state index in [9.17, 15) is 9.59 Å². The van der Waals surface area contributed by atoms with Crippen LogP contribution in [0.2, 0.25) is 10.0 Å². The zero-order valence-electron chi connectivity index (χ0n) is 13.7. The number of amides is 2. The molecule has 0 aliphatic carbocycles. The van der Waals surface area contributed by atoms with Gasteiger partial charge in [0, 0.05) is 28.3 Å². The fourth-order valence-electron chi connectivity index (χ4n) is 2.23. The SMILES string of the molecule is CC(=O)N(CC(=O)Nc1ccc(Cl)cc1C)c1ccc(C)c(Cl)c1. The number of halogens is 2. The Bertz CT molecular complexity index is 791. The van der Waals surface area contributed by atoms with Crippen molar-refractivity contribution in [2.45, 2.75) is 20.8 Å². The first kappa shape index (κ1) is 18.3. The third-order valence-corrected chi connectivity index (χ3v) is 4.25. The van der Waals surface area contributed by atoms with Crippen LogP contribution in [-0.4, -0.2) is 18.4 Å². The van der Waals surface area contributed by atoms with Crippen molar-refractivity contribution in [3.8, 4) is 0 Å². The molecule has 2 rings (SSSR count). The van der Waals surface area contributed by atoms with E-state index in [0.717, 1.165) is 11.1 Å². The van der Waals surface area contributed by atoms with Crippen LogP contribution in [0.3, 0.4) is 0 Å². The van der Waals surface area contributed by atoms with Crippen molar-refractivity contribution in [2.75, 3.05) is 16.8 Å². The van der Waals surface area contributed by atoms with Gasteiger partial charge in [-0.05, 0) is 55.3 Å². The van der Waals surface area contributed by atoms with Crippen LogP contribution in [0, 0.1) is 13.8 Å². The van der Waals surface area contributed by atoms with Gasteiger partial charge in [-0.2, -0.15) is 0 Å². The zero-order valence-corrected chi connectivity index (χ0v) is 15.2. The Morgan fingerprint density at radius 2 is 1.75 bits per heavy atom. The number of nitrogens with zero attached hydrogens (tertiary/aromatic N) is 1. The molecule has 0 radical (unpaired) electrons. The van der Waals surface area contributed by atoms with Crippen LogP contribution >= 0.6 is 23.2 Å². The number of anilines is 2. The Balaban J connectivity index is 2.16. The van der Waals surface area contributed by atoms with E-state index in [1.165, 1.54) is 11.8 Å². The maximum absolute atomic E-state index is 12.3. The van der Waals surface area contributed by atoms with Gasteiger partial charge in [0.15, 0.2) is 0 Å². The summed E-state index contributed by atoms with van der Waals surface area (Å²) in [7, 11) is 0. The number of carbonyl (C=O) groups excluding carboxylic acids is 2. The van der Waals surface area contributed by atoms with Gasteiger partial charge in [-0.3, -0.25) is 9.59 Å². The van der Waals surface area contributed by atoms with Gasteiger partial charge in [0.05, 0.1) is 0 Å². The van der Waals surface area contributed by atoms with Crippen molar-refractivity contribution in [3.63, 3.8) is 0 Å². The van der Waals surface area contributed by atoms with Crippen LogP contribution < -0.4 is 10.2 Å². The van der Waals surface area contributed by atoms with Crippen LogP contribution in [0.4, 0.5) is 11.4 Å². The van der Waals surface area contributed by atoms with Crippen molar-refractivity contribution in [1.29, 1.82) is 0 Å². The van der Waals surface area contributed by atoms with Gasteiger partial charge in [-0.25, -0.2) is 0 Å². The van der Waals surface area contributed by atoms with E-state index in [0.29, 0.717) is 21.4 Å². The number of hydrogen-bond acceptors (Lipinski definition) is 2. The molecular formula is C18H18Cl2N2O2. The highest BCUT2D eigenvalue weighted by Crippen LogP contribution is 2.24. The molecule has 0 fully saturated rings. The molecule has 0 bridgehead atoms. The van der Waals surface area contributed by atoms with Crippen LogP contribution in [-0.2, 0) is 9.59 Å². The van der Waals surface area contributed by atoms with E-state index in [-0.39, 0.29) is 18.4 Å². The number of benzene rings is 2. The summed E-state index contributed by atoms with van der Waals surface area (Å²) in [5.41, 5.74) is 3.00. The molecule has 4 nitrogen and oxygen atoms in total. The smallest absolute Gasteiger partial charge is 0.244 e. The largest absolute Gasteiger partial charge is 0.324 e. The van der Waals surface area contributed by atoms with Crippen molar-refractivity contribution < 1.29 is 9.59 Å². The quantitative estimate of drug-likeness (QED) is 0.861. The van der Waals surface area contributed by atoms with Gasteiger partial charge in [0.25, 0.3) is 0 Å². The molecule has 0 heterocycles. The van der Waals surface area contributed by atoms with Crippen LogP contribution in [0.5, 0.6) is 0 Å². The molecule has 1 N–H and O–H groups in total. The molecule has 0 unspecified atom stereocenters. The highest BCUT2D eigenvalue weighted by atomic mass is 35.5. The molecule has 2 amide bonds. The lowest BCUT2D eigenvalue weighted by Crippen LogP contribution is -2.36. The second-order valence-electron chi connectivity index (χ2n) is 5.55. The first-order valence-electron chi connectivity index (χ1n) is 7.38. The third-order valence-electron chi connectivity index (χ3n) is 3.61. The first-order valence-corrected chi connectivity index (χ1v) is 8.14. The molecule has 126 valence electrons. The summed E-state index contributed by atoms with van der Waals surface area (Å²) < 4.78 is 0. The Kier molecular flexibility index (Phi) is 5.86. The molecule has 0 aromatic heterocycles.